The Morgan fingerprint density at radius 3 is 3.00 bits per heavy atom. The Balaban J connectivity index is 2.39. The van der Waals surface area contributed by atoms with Crippen molar-refractivity contribution in [2.45, 2.75) is 0 Å². The maximum absolute atomic E-state index is 10.4. The van der Waals surface area contributed by atoms with Gasteiger partial charge in [0, 0.05) is 12.3 Å². The molecule has 0 bridgehead atoms. The lowest BCUT2D eigenvalue weighted by Gasteiger charge is -1.84. The van der Waals surface area contributed by atoms with E-state index in [9.17, 15) is 4.79 Å². The number of hydrogen-bond acceptors (Lipinski definition) is 3. The third-order valence-electron chi connectivity index (χ3n) is 1.59. The Morgan fingerprint density at radius 2 is 2.46 bits per heavy atom. The summed E-state index contributed by atoms with van der Waals surface area (Å²) in [5, 5.41) is 12.1. The van der Waals surface area contributed by atoms with E-state index in [1.54, 1.807) is 18.3 Å². The average Bonchev–Trinajstić information content (AvgIpc) is 2.75. The van der Waals surface area contributed by atoms with E-state index in [0.29, 0.717) is 5.69 Å². The average molecular weight is 178 g/mol. The predicted molar refractivity (Wildman–Crippen MR) is 43.2 cm³/mol. The van der Waals surface area contributed by atoms with Crippen molar-refractivity contribution in [3.8, 4) is 11.4 Å². The van der Waals surface area contributed by atoms with E-state index in [1.165, 1.54) is 6.07 Å². The van der Waals surface area contributed by atoms with E-state index in [4.69, 9.17) is 5.11 Å². The van der Waals surface area contributed by atoms with Crippen LogP contribution in [0, 0.1) is 0 Å². The molecule has 2 aromatic heterocycles. The Labute approximate surface area is 73.0 Å². The van der Waals surface area contributed by atoms with Crippen molar-refractivity contribution in [2.24, 2.45) is 0 Å². The molecular formula is C8H6N2O3. The standard InChI is InChI=1S/C8H6N2O3/c11-8(12)7-4-6(10-13-7)5-2-1-3-9-5/h1-4,9H,(H,11,12). The van der Waals surface area contributed by atoms with Gasteiger partial charge < -0.3 is 14.6 Å². The molecule has 0 aliphatic rings. The van der Waals surface area contributed by atoms with Gasteiger partial charge in [-0.2, -0.15) is 0 Å². The quantitative estimate of drug-likeness (QED) is 0.727. The summed E-state index contributed by atoms with van der Waals surface area (Å²) in [5.41, 5.74) is 1.22. The molecule has 0 fully saturated rings. The molecule has 13 heavy (non-hydrogen) atoms. The fraction of sp³-hybridized carbons (Fsp3) is 0. The molecule has 0 aliphatic carbocycles. The van der Waals surface area contributed by atoms with E-state index in [0.717, 1.165) is 5.69 Å². The second-order valence-corrected chi connectivity index (χ2v) is 2.47. The zero-order chi connectivity index (χ0) is 9.26. The van der Waals surface area contributed by atoms with Crippen LogP contribution in [0.25, 0.3) is 11.4 Å². The van der Waals surface area contributed by atoms with Crippen molar-refractivity contribution in [3.05, 3.63) is 30.2 Å². The van der Waals surface area contributed by atoms with Gasteiger partial charge in [-0.25, -0.2) is 4.79 Å². The summed E-state index contributed by atoms with van der Waals surface area (Å²) in [6.45, 7) is 0. The van der Waals surface area contributed by atoms with E-state index in [-0.39, 0.29) is 5.76 Å². The molecule has 0 unspecified atom stereocenters. The molecule has 5 nitrogen and oxygen atoms in total. The molecule has 2 heterocycles. The molecule has 2 aromatic rings. The Hall–Kier alpha value is -2.04. The van der Waals surface area contributed by atoms with Gasteiger partial charge in [-0.3, -0.25) is 0 Å². The summed E-state index contributed by atoms with van der Waals surface area (Å²) in [6, 6.07) is 4.95. The molecule has 0 spiro atoms. The van der Waals surface area contributed by atoms with E-state index >= 15 is 0 Å². The van der Waals surface area contributed by atoms with Crippen LogP contribution in [0.1, 0.15) is 10.6 Å². The van der Waals surface area contributed by atoms with Crippen LogP contribution in [0.5, 0.6) is 0 Å². The molecule has 2 N–H and O–H groups in total. The monoisotopic (exact) mass is 178 g/mol. The summed E-state index contributed by atoms with van der Waals surface area (Å²) < 4.78 is 4.58. The number of rotatable bonds is 2. The van der Waals surface area contributed by atoms with Crippen LogP contribution >= 0.6 is 0 Å². The number of aromatic amines is 1. The first kappa shape index (κ1) is 7.60. The van der Waals surface area contributed by atoms with Crippen molar-refractivity contribution in [3.63, 3.8) is 0 Å². The van der Waals surface area contributed by atoms with Gasteiger partial charge >= 0.3 is 5.97 Å². The molecule has 66 valence electrons. The third-order valence-corrected chi connectivity index (χ3v) is 1.59. The summed E-state index contributed by atoms with van der Waals surface area (Å²) in [5.74, 6) is -1.28. The highest BCUT2D eigenvalue weighted by Crippen LogP contribution is 2.16. The summed E-state index contributed by atoms with van der Waals surface area (Å²) in [7, 11) is 0. The lowest BCUT2D eigenvalue weighted by molar-refractivity contribution is 0.0652. The number of nitrogens with one attached hydrogen (secondary N) is 1. The molecule has 0 atom stereocenters. The van der Waals surface area contributed by atoms with Crippen molar-refractivity contribution in [1.82, 2.24) is 10.1 Å². The Morgan fingerprint density at radius 1 is 1.62 bits per heavy atom. The van der Waals surface area contributed by atoms with Crippen LogP contribution in [0.2, 0.25) is 0 Å². The van der Waals surface area contributed by atoms with Crippen LogP contribution in [0.3, 0.4) is 0 Å². The molecule has 0 amide bonds. The molecule has 2 rings (SSSR count). The van der Waals surface area contributed by atoms with Crippen molar-refractivity contribution < 1.29 is 14.4 Å². The number of carboxylic acid groups (broad SMARTS) is 1. The SMILES string of the molecule is O=C(O)c1cc(-c2ccc[nH]2)no1. The predicted octanol–water partition coefficient (Wildman–Crippen LogP) is 1.37. The highest BCUT2D eigenvalue weighted by molar-refractivity contribution is 5.85. The fourth-order valence-electron chi connectivity index (χ4n) is 0.993. The largest absolute Gasteiger partial charge is 0.475 e. The lowest BCUT2D eigenvalue weighted by atomic mass is 10.3. The van der Waals surface area contributed by atoms with Gasteiger partial charge in [0.1, 0.15) is 5.69 Å². The van der Waals surface area contributed by atoms with E-state index in [1.807, 2.05) is 0 Å². The minimum Gasteiger partial charge on any atom is -0.475 e. The second-order valence-electron chi connectivity index (χ2n) is 2.47. The van der Waals surface area contributed by atoms with Crippen LogP contribution in [0.4, 0.5) is 0 Å². The Bertz CT molecular complexity index is 416. The molecular weight excluding hydrogens is 172 g/mol. The summed E-state index contributed by atoms with van der Waals surface area (Å²) in [6.07, 6.45) is 1.73. The number of carbonyl (C=O) groups is 1. The van der Waals surface area contributed by atoms with E-state index < -0.39 is 5.97 Å². The number of aromatic nitrogens is 2. The Kier molecular flexibility index (Phi) is 1.63. The molecule has 0 aromatic carbocycles. The maximum atomic E-state index is 10.4. The molecule has 0 saturated heterocycles. The minimum atomic E-state index is -1.12. The normalized spacial score (nSPS) is 10.2. The minimum absolute atomic E-state index is 0.162. The van der Waals surface area contributed by atoms with Crippen LogP contribution in [-0.4, -0.2) is 21.2 Å². The van der Waals surface area contributed by atoms with Crippen LogP contribution in [0.15, 0.2) is 28.9 Å². The lowest BCUT2D eigenvalue weighted by Crippen LogP contribution is -1.91. The number of carboxylic acids is 1. The van der Waals surface area contributed by atoms with Crippen molar-refractivity contribution >= 4 is 5.97 Å². The topological polar surface area (TPSA) is 79.1 Å². The zero-order valence-corrected chi connectivity index (χ0v) is 6.52. The van der Waals surface area contributed by atoms with Crippen LogP contribution < -0.4 is 0 Å². The maximum Gasteiger partial charge on any atom is 0.374 e. The first-order valence-corrected chi connectivity index (χ1v) is 3.61. The molecule has 0 aliphatic heterocycles. The first-order valence-electron chi connectivity index (χ1n) is 3.61. The molecule has 0 radical (unpaired) electrons. The second kappa shape index (κ2) is 2.78. The van der Waals surface area contributed by atoms with Gasteiger partial charge in [-0.05, 0) is 12.1 Å². The number of hydrogen-bond donors (Lipinski definition) is 2. The van der Waals surface area contributed by atoms with E-state index in [2.05, 4.69) is 14.7 Å². The van der Waals surface area contributed by atoms with Gasteiger partial charge in [-0.1, -0.05) is 5.16 Å². The van der Waals surface area contributed by atoms with Crippen LogP contribution in [-0.2, 0) is 0 Å². The fourth-order valence-corrected chi connectivity index (χ4v) is 0.993. The summed E-state index contributed by atoms with van der Waals surface area (Å²) >= 11 is 0. The zero-order valence-electron chi connectivity index (χ0n) is 6.52. The number of aromatic carboxylic acids is 1. The van der Waals surface area contributed by atoms with Crippen molar-refractivity contribution in [2.75, 3.05) is 0 Å². The molecule has 0 saturated carbocycles. The van der Waals surface area contributed by atoms with Gasteiger partial charge in [-0.15, -0.1) is 0 Å². The van der Waals surface area contributed by atoms with Gasteiger partial charge in [0.2, 0.25) is 5.76 Å². The van der Waals surface area contributed by atoms with Crippen molar-refractivity contribution in [1.29, 1.82) is 0 Å². The highest BCUT2D eigenvalue weighted by atomic mass is 16.5. The summed E-state index contributed by atoms with van der Waals surface area (Å²) in [4.78, 5) is 13.3. The smallest absolute Gasteiger partial charge is 0.374 e. The van der Waals surface area contributed by atoms with Gasteiger partial charge in [0.25, 0.3) is 0 Å². The highest BCUT2D eigenvalue weighted by Gasteiger charge is 2.12. The molecule has 5 heteroatoms. The first-order chi connectivity index (χ1) is 6.27. The number of H-pyrrole nitrogens is 1. The third kappa shape index (κ3) is 1.31. The van der Waals surface area contributed by atoms with Gasteiger partial charge in [0.15, 0.2) is 0 Å². The number of nitrogens with zero attached hydrogens (tertiary/aromatic N) is 1. The van der Waals surface area contributed by atoms with Gasteiger partial charge in [0.05, 0.1) is 5.69 Å².